The van der Waals surface area contributed by atoms with Crippen LogP contribution in [0, 0.1) is 6.92 Å². The normalized spacial score (nSPS) is 22.9. The summed E-state index contributed by atoms with van der Waals surface area (Å²) in [6, 6.07) is 9.33. The third-order valence-corrected chi connectivity index (χ3v) is 3.27. The van der Waals surface area contributed by atoms with Crippen LogP contribution in [-0.4, -0.2) is 30.6 Å². The lowest BCUT2D eigenvalue weighted by molar-refractivity contribution is 0.165. The molecule has 2 rings (SSSR count). The Bertz CT molecular complexity index is 322. The number of hydrogen-bond donors (Lipinski definition) is 1. The third-order valence-electron chi connectivity index (χ3n) is 3.27. The first-order chi connectivity index (χ1) is 7.27. The summed E-state index contributed by atoms with van der Waals surface area (Å²) in [4.78, 5) is 2.55. The van der Waals surface area contributed by atoms with Gasteiger partial charge in [0.2, 0.25) is 0 Å². The molecule has 1 aromatic carbocycles. The summed E-state index contributed by atoms with van der Waals surface area (Å²) < 4.78 is 0. The van der Waals surface area contributed by atoms with E-state index in [1.165, 1.54) is 11.1 Å². The van der Waals surface area contributed by atoms with E-state index in [0.717, 1.165) is 26.2 Å². The maximum Gasteiger partial charge on any atom is 0.0240 e. The van der Waals surface area contributed by atoms with E-state index in [2.05, 4.69) is 48.3 Å². The van der Waals surface area contributed by atoms with Crippen molar-refractivity contribution in [3.63, 3.8) is 0 Å². The van der Waals surface area contributed by atoms with Crippen LogP contribution in [0.2, 0.25) is 0 Å². The lowest BCUT2D eigenvalue weighted by Crippen LogP contribution is -2.49. The summed E-state index contributed by atoms with van der Waals surface area (Å²) in [5.74, 6) is 0. The molecule has 1 atom stereocenters. The van der Waals surface area contributed by atoms with E-state index in [-0.39, 0.29) is 0 Å². The molecular formula is C13H20N2. The van der Waals surface area contributed by atoms with Gasteiger partial charge >= 0.3 is 0 Å². The second-order valence-corrected chi connectivity index (χ2v) is 4.45. The predicted octanol–water partition coefficient (Wildman–Crippen LogP) is 1.79. The van der Waals surface area contributed by atoms with E-state index in [1.807, 2.05) is 0 Å². The number of aryl methyl sites for hydroxylation is 1. The lowest BCUT2D eigenvalue weighted by Gasteiger charge is -2.34. The van der Waals surface area contributed by atoms with Crippen molar-refractivity contribution in [2.24, 2.45) is 0 Å². The van der Waals surface area contributed by atoms with E-state index < -0.39 is 0 Å². The lowest BCUT2D eigenvalue weighted by atomic mass is 10.1. The molecule has 1 aromatic rings. The zero-order valence-electron chi connectivity index (χ0n) is 9.66. The zero-order chi connectivity index (χ0) is 10.7. The number of hydrogen-bond acceptors (Lipinski definition) is 2. The number of nitrogens with one attached hydrogen (secondary N) is 1. The Morgan fingerprint density at radius 2 is 2.20 bits per heavy atom. The fraction of sp³-hybridized carbons (Fsp3) is 0.538. The molecule has 1 fully saturated rings. The standard InChI is InChI=1S/C13H20N2/c1-11-5-3-4-6-13(11)10-15-8-7-14-9-12(15)2/h3-6,12,14H,7-10H2,1-2H3. The first-order valence-corrected chi connectivity index (χ1v) is 5.76. The van der Waals surface area contributed by atoms with Crippen molar-refractivity contribution in [2.45, 2.75) is 26.4 Å². The van der Waals surface area contributed by atoms with Crippen molar-refractivity contribution in [3.8, 4) is 0 Å². The van der Waals surface area contributed by atoms with E-state index in [0.29, 0.717) is 6.04 Å². The Hall–Kier alpha value is -0.860. The van der Waals surface area contributed by atoms with Crippen molar-refractivity contribution in [2.75, 3.05) is 19.6 Å². The predicted molar refractivity (Wildman–Crippen MR) is 63.9 cm³/mol. The van der Waals surface area contributed by atoms with Crippen LogP contribution in [-0.2, 0) is 6.54 Å². The highest BCUT2D eigenvalue weighted by molar-refractivity contribution is 5.25. The molecule has 0 amide bonds. The van der Waals surface area contributed by atoms with Gasteiger partial charge in [0.05, 0.1) is 0 Å². The van der Waals surface area contributed by atoms with Crippen molar-refractivity contribution >= 4 is 0 Å². The molecule has 1 N–H and O–H groups in total. The molecule has 2 heteroatoms. The van der Waals surface area contributed by atoms with Gasteiger partial charge in [0.15, 0.2) is 0 Å². The van der Waals surface area contributed by atoms with Crippen molar-refractivity contribution in [1.29, 1.82) is 0 Å². The highest BCUT2D eigenvalue weighted by Gasteiger charge is 2.17. The molecule has 82 valence electrons. The van der Waals surface area contributed by atoms with E-state index in [1.54, 1.807) is 0 Å². The highest BCUT2D eigenvalue weighted by atomic mass is 15.2. The summed E-state index contributed by atoms with van der Waals surface area (Å²) in [6.07, 6.45) is 0. The van der Waals surface area contributed by atoms with Crippen LogP contribution in [0.25, 0.3) is 0 Å². The average Bonchev–Trinajstić information content (AvgIpc) is 2.24. The smallest absolute Gasteiger partial charge is 0.0240 e. The van der Waals surface area contributed by atoms with Gasteiger partial charge in [-0.1, -0.05) is 24.3 Å². The molecule has 0 spiro atoms. The van der Waals surface area contributed by atoms with Crippen LogP contribution in [0.1, 0.15) is 18.1 Å². The number of nitrogens with zero attached hydrogens (tertiary/aromatic N) is 1. The van der Waals surface area contributed by atoms with Gasteiger partial charge in [-0.2, -0.15) is 0 Å². The second-order valence-electron chi connectivity index (χ2n) is 4.45. The maximum atomic E-state index is 3.42. The van der Waals surface area contributed by atoms with Gasteiger partial charge in [0.25, 0.3) is 0 Å². The Morgan fingerprint density at radius 1 is 1.40 bits per heavy atom. The highest BCUT2D eigenvalue weighted by Crippen LogP contribution is 2.13. The van der Waals surface area contributed by atoms with Crippen molar-refractivity contribution in [3.05, 3.63) is 35.4 Å². The molecule has 15 heavy (non-hydrogen) atoms. The topological polar surface area (TPSA) is 15.3 Å². The van der Waals surface area contributed by atoms with Crippen LogP contribution < -0.4 is 5.32 Å². The Kier molecular flexibility index (Phi) is 3.39. The van der Waals surface area contributed by atoms with Gasteiger partial charge < -0.3 is 5.32 Å². The van der Waals surface area contributed by atoms with Crippen molar-refractivity contribution < 1.29 is 0 Å². The number of piperazine rings is 1. The fourth-order valence-electron chi connectivity index (χ4n) is 2.12. The zero-order valence-corrected chi connectivity index (χ0v) is 9.66. The molecule has 0 radical (unpaired) electrons. The molecular weight excluding hydrogens is 184 g/mol. The molecule has 1 heterocycles. The SMILES string of the molecule is Cc1ccccc1CN1CCNCC1C. The van der Waals surface area contributed by atoms with E-state index in [4.69, 9.17) is 0 Å². The van der Waals surface area contributed by atoms with Crippen LogP contribution in [0.5, 0.6) is 0 Å². The summed E-state index contributed by atoms with van der Waals surface area (Å²) in [5, 5.41) is 3.42. The van der Waals surface area contributed by atoms with Gasteiger partial charge in [0.1, 0.15) is 0 Å². The molecule has 1 saturated heterocycles. The van der Waals surface area contributed by atoms with Gasteiger partial charge in [0, 0.05) is 32.2 Å². The summed E-state index contributed by atoms with van der Waals surface area (Å²) in [6.45, 7) is 8.99. The van der Waals surface area contributed by atoms with Gasteiger partial charge in [-0.25, -0.2) is 0 Å². The fourth-order valence-corrected chi connectivity index (χ4v) is 2.12. The second kappa shape index (κ2) is 4.77. The van der Waals surface area contributed by atoms with Crippen LogP contribution in [0.4, 0.5) is 0 Å². The monoisotopic (exact) mass is 204 g/mol. The molecule has 1 unspecified atom stereocenters. The molecule has 0 saturated carbocycles. The number of benzene rings is 1. The largest absolute Gasteiger partial charge is 0.314 e. The Labute approximate surface area is 92.3 Å². The van der Waals surface area contributed by atoms with Gasteiger partial charge in [-0.15, -0.1) is 0 Å². The minimum atomic E-state index is 0.651. The molecule has 0 aromatic heterocycles. The average molecular weight is 204 g/mol. The molecule has 1 aliphatic heterocycles. The maximum absolute atomic E-state index is 3.42. The Morgan fingerprint density at radius 3 is 2.93 bits per heavy atom. The van der Waals surface area contributed by atoms with Crippen LogP contribution in [0.3, 0.4) is 0 Å². The van der Waals surface area contributed by atoms with Crippen LogP contribution >= 0.6 is 0 Å². The molecule has 0 bridgehead atoms. The third kappa shape index (κ3) is 2.58. The van der Waals surface area contributed by atoms with Gasteiger partial charge in [-0.3, -0.25) is 4.90 Å². The summed E-state index contributed by atoms with van der Waals surface area (Å²) in [7, 11) is 0. The van der Waals surface area contributed by atoms with E-state index in [9.17, 15) is 0 Å². The molecule has 2 nitrogen and oxygen atoms in total. The first kappa shape index (κ1) is 10.7. The molecule has 1 aliphatic rings. The van der Waals surface area contributed by atoms with Crippen LogP contribution in [0.15, 0.2) is 24.3 Å². The minimum Gasteiger partial charge on any atom is -0.314 e. The molecule has 0 aliphatic carbocycles. The summed E-state index contributed by atoms with van der Waals surface area (Å²) >= 11 is 0. The number of rotatable bonds is 2. The van der Waals surface area contributed by atoms with E-state index >= 15 is 0 Å². The minimum absolute atomic E-state index is 0.651. The van der Waals surface area contributed by atoms with Gasteiger partial charge in [-0.05, 0) is 25.0 Å². The summed E-state index contributed by atoms with van der Waals surface area (Å²) in [5.41, 5.74) is 2.87. The van der Waals surface area contributed by atoms with Crippen molar-refractivity contribution in [1.82, 2.24) is 10.2 Å². The first-order valence-electron chi connectivity index (χ1n) is 5.76. The Balaban J connectivity index is 2.04. The quantitative estimate of drug-likeness (QED) is 0.790.